The number of phenols is 1. The quantitative estimate of drug-likeness (QED) is 0.626. The molecule has 0 aliphatic carbocycles. The van der Waals surface area contributed by atoms with Gasteiger partial charge in [0.05, 0.1) is 4.92 Å². The number of hydrogen-bond donors (Lipinski definition) is 1. The van der Waals surface area contributed by atoms with Crippen LogP contribution in [0.25, 0.3) is 16.2 Å². The van der Waals surface area contributed by atoms with Gasteiger partial charge in [-0.05, 0) is 29.7 Å². The van der Waals surface area contributed by atoms with Gasteiger partial charge < -0.3 is 5.11 Å². The normalized spacial score (nSPS) is 11.2. The molecule has 0 aliphatic heterocycles. The number of rotatable bonds is 2. The topological polar surface area (TPSA) is 63.4 Å². The Balaban J connectivity index is 2.43. The fourth-order valence-electron chi connectivity index (χ4n) is 1.27. The summed E-state index contributed by atoms with van der Waals surface area (Å²) in [6.07, 6.45) is 2.35. The number of nitrogens with zero attached hydrogens (tertiary/aromatic N) is 1. The number of phenolic OH excluding ortho intramolecular Hbond substituents is 1. The van der Waals surface area contributed by atoms with Crippen LogP contribution in [0, 0.1) is 10.1 Å². The molecular formula is C10H7NO3S. The van der Waals surface area contributed by atoms with Crippen LogP contribution in [0.4, 0.5) is 0 Å². The Hall–Kier alpha value is -1.88. The lowest BCUT2D eigenvalue weighted by Crippen LogP contribution is -1.80. The Kier molecular flexibility index (Phi) is 2.39. The number of thiophene rings is 1. The molecule has 2 aromatic rings. The summed E-state index contributed by atoms with van der Waals surface area (Å²) in [6, 6.07) is 6.83. The minimum absolute atomic E-state index is 0.199. The molecule has 1 N–H and O–H groups in total. The van der Waals surface area contributed by atoms with Crippen molar-refractivity contribution in [3.05, 3.63) is 45.5 Å². The number of fused-ring (bicyclic) bond motifs is 1. The number of nitro groups is 1. The van der Waals surface area contributed by atoms with Crippen molar-refractivity contribution < 1.29 is 10.0 Å². The van der Waals surface area contributed by atoms with E-state index < -0.39 is 4.92 Å². The predicted molar refractivity (Wildman–Crippen MR) is 59.5 cm³/mol. The summed E-state index contributed by atoms with van der Waals surface area (Å²) < 4.78 is 0.996. The minimum Gasteiger partial charge on any atom is -0.508 e. The molecule has 1 aromatic carbocycles. The van der Waals surface area contributed by atoms with Crippen molar-refractivity contribution in [2.24, 2.45) is 0 Å². The lowest BCUT2D eigenvalue weighted by molar-refractivity contribution is -0.400. The molecule has 5 heteroatoms. The van der Waals surface area contributed by atoms with Crippen LogP contribution in [-0.4, -0.2) is 10.0 Å². The smallest absolute Gasteiger partial charge is 0.235 e. The average Bonchev–Trinajstić information content (AvgIpc) is 2.56. The van der Waals surface area contributed by atoms with E-state index in [1.807, 2.05) is 0 Å². The summed E-state index contributed by atoms with van der Waals surface area (Å²) in [7, 11) is 0. The van der Waals surface area contributed by atoms with E-state index in [1.165, 1.54) is 17.4 Å². The third-order valence-electron chi connectivity index (χ3n) is 1.88. The molecule has 0 saturated carbocycles. The van der Waals surface area contributed by atoms with Gasteiger partial charge in [-0.25, -0.2) is 0 Å². The fraction of sp³-hybridized carbons (Fsp3) is 0. The molecule has 2 rings (SSSR count). The average molecular weight is 221 g/mol. The second-order valence-corrected chi connectivity index (χ2v) is 4.09. The van der Waals surface area contributed by atoms with Crippen molar-refractivity contribution in [1.29, 1.82) is 0 Å². The summed E-state index contributed by atoms with van der Waals surface area (Å²) in [5.41, 5.74) is 0. The first-order valence-electron chi connectivity index (χ1n) is 4.19. The first-order valence-corrected chi connectivity index (χ1v) is 5.01. The van der Waals surface area contributed by atoms with Gasteiger partial charge in [0, 0.05) is 15.7 Å². The molecular weight excluding hydrogens is 214 g/mol. The van der Waals surface area contributed by atoms with E-state index in [4.69, 9.17) is 0 Å². The SMILES string of the molecule is O=[N+]([O-])/C=C/c1cc2cc(O)ccc2s1. The maximum Gasteiger partial charge on any atom is 0.235 e. The van der Waals surface area contributed by atoms with E-state index in [-0.39, 0.29) is 5.75 Å². The van der Waals surface area contributed by atoms with Crippen LogP contribution < -0.4 is 0 Å². The van der Waals surface area contributed by atoms with Gasteiger partial charge in [0.1, 0.15) is 5.75 Å². The van der Waals surface area contributed by atoms with E-state index in [2.05, 4.69) is 0 Å². The molecule has 0 unspecified atom stereocenters. The summed E-state index contributed by atoms with van der Waals surface area (Å²) in [4.78, 5) is 10.4. The molecule has 0 radical (unpaired) electrons. The molecule has 15 heavy (non-hydrogen) atoms. The van der Waals surface area contributed by atoms with Crippen LogP contribution in [0.5, 0.6) is 5.75 Å². The number of aromatic hydroxyl groups is 1. The molecule has 0 atom stereocenters. The van der Waals surface area contributed by atoms with Crippen molar-refractivity contribution in [2.45, 2.75) is 0 Å². The lowest BCUT2D eigenvalue weighted by atomic mass is 10.2. The van der Waals surface area contributed by atoms with Gasteiger partial charge in [-0.15, -0.1) is 11.3 Å². The van der Waals surface area contributed by atoms with Crippen molar-refractivity contribution in [2.75, 3.05) is 0 Å². The molecule has 0 saturated heterocycles. The van der Waals surface area contributed by atoms with E-state index in [9.17, 15) is 15.2 Å². The first-order chi connectivity index (χ1) is 7.15. The number of benzene rings is 1. The zero-order chi connectivity index (χ0) is 10.8. The molecule has 0 bridgehead atoms. The van der Waals surface area contributed by atoms with Gasteiger partial charge in [0.2, 0.25) is 6.20 Å². The van der Waals surface area contributed by atoms with Crippen LogP contribution in [0.1, 0.15) is 4.88 Å². The Bertz CT molecular complexity index is 545. The van der Waals surface area contributed by atoms with E-state index in [0.717, 1.165) is 21.2 Å². The zero-order valence-corrected chi connectivity index (χ0v) is 8.40. The molecule has 0 aliphatic rings. The zero-order valence-electron chi connectivity index (χ0n) is 7.58. The van der Waals surface area contributed by atoms with E-state index in [1.54, 1.807) is 24.3 Å². The summed E-state index contributed by atoms with van der Waals surface area (Å²) in [5, 5.41) is 20.3. The van der Waals surface area contributed by atoms with Crippen molar-refractivity contribution in [1.82, 2.24) is 0 Å². The monoisotopic (exact) mass is 221 g/mol. The maximum absolute atomic E-state index is 10.1. The number of hydrogen-bond acceptors (Lipinski definition) is 4. The highest BCUT2D eigenvalue weighted by atomic mass is 32.1. The van der Waals surface area contributed by atoms with Crippen LogP contribution >= 0.6 is 11.3 Å². The predicted octanol–water partition coefficient (Wildman–Crippen LogP) is 2.85. The Morgan fingerprint density at radius 3 is 2.93 bits per heavy atom. The highest BCUT2D eigenvalue weighted by Crippen LogP contribution is 2.29. The summed E-state index contributed by atoms with van der Waals surface area (Å²) >= 11 is 1.45. The largest absolute Gasteiger partial charge is 0.508 e. The fourth-order valence-corrected chi connectivity index (χ4v) is 2.21. The maximum atomic E-state index is 10.1. The van der Waals surface area contributed by atoms with E-state index >= 15 is 0 Å². The lowest BCUT2D eigenvalue weighted by Gasteiger charge is -1.89. The van der Waals surface area contributed by atoms with Gasteiger partial charge in [-0.1, -0.05) is 0 Å². The molecule has 1 aromatic heterocycles. The molecule has 0 fully saturated rings. The summed E-state index contributed by atoms with van der Waals surface area (Å²) in [5.74, 6) is 0.199. The van der Waals surface area contributed by atoms with Crippen LogP contribution in [0.2, 0.25) is 0 Å². The van der Waals surface area contributed by atoms with Crippen molar-refractivity contribution in [3.63, 3.8) is 0 Å². The van der Waals surface area contributed by atoms with Gasteiger partial charge >= 0.3 is 0 Å². The molecule has 0 amide bonds. The minimum atomic E-state index is -0.498. The molecule has 4 nitrogen and oxygen atoms in total. The van der Waals surface area contributed by atoms with E-state index in [0.29, 0.717) is 0 Å². The molecule has 1 heterocycles. The second-order valence-electron chi connectivity index (χ2n) is 2.97. The summed E-state index contributed by atoms with van der Waals surface area (Å²) in [6.45, 7) is 0. The van der Waals surface area contributed by atoms with Crippen LogP contribution in [-0.2, 0) is 0 Å². The van der Waals surface area contributed by atoms with Crippen molar-refractivity contribution >= 4 is 27.5 Å². The highest BCUT2D eigenvalue weighted by molar-refractivity contribution is 7.19. The van der Waals surface area contributed by atoms with Crippen molar-refractivity contribution in [3.8, 4) is 5.75 Å². The van der Waals surface area contributed by atoms with Gasteiger partial charge in [-0.3, -0.25) is 10.1 Å². The third-order valence-corrected chi connectivity index (χ3v) is 2.96. The third kappa shape index (κ3) is 2.13. The van der Waals surface area contributed by atoms with Gasteiger partial charge in [0.25, 0.3) is 0 Å². The van der Waals surface area contributed by atoms with Gasteiger partial charge in [0.15, 0.2) is 0 Å². The van der Waals surface area contributed by atoms with Crippen LogP contribution in [0.15, 0.2) is 30.5 Å². The Labute approximate surface area is 89.2 Å². The Morgan fingerprint density at radius 2 is 2.20 bits per heavy atom. The molecule has 0 spiro atoms. The highest BCUT2D eigenvalue weighted by Gasteiger charge is 2.01. The standard InChI is InChI=1S/C10H7NO3S/c12-8-1-2-10-7(5-8)6-9(15-10)3-4-11(13)14/h1-6,12H/b4-3+. The Morgan fingerprint density at radius 1 is 1.40 bits per heavy atom. The second kappa shape index (κ2) is 3.70. The van der Waals surface area contributed by atoms with Crippen LogP contribution in [0.3, 0.4) is 0 Å². The first kappa shape index (κ1) is 9.67. The van der Waals surface area contributed by atoms with Gasteiger partial charge in [-0.2, -0.15) is 0 Å². The molecule has 76 valence electrons.